The molecule has 0 spiro atoms. The van der Waals surface area contributed by atoms with Crippen molar-refractivity contribution in [1.29, 1.82) is 5.26 Å². The van der Waals surface area contributed by atoms with E-state index in [1.54, 1.807) is 0 Å². The van der Waals surface area contributed by atoms with Crippen molar-refractivity contribution in [3.05, 3.63) is 0 Å². The van der Waals surface area contributed by atoms with Crippen LogP contribution in [0.15, 0.2) is 0 Å². The van der Waals surface area contributed by atoms with E-state index in [1.807, 2.05) is 0 Å². The molecule has 0 bridgehead atoms. The summed E-state index contributed by atoms with van der Waals surface area (Å²) >= 11 is 0. The van der Waals surface area contributed by atoms with Crippen LogP contribution < -0.4 is 0 Å². The number of rotatable bonds is 5. The Kier molecular flexibility index (Phi) is 6.87. The highest BCUT2D eigenvalue weighted by atomic mass is 14.5. The largest absolute Gasteiger partial charge is 0.198 e. The van der Waals surface area contributed by atoms with Crippen molar-refractivity contribution >= 4 is 0 Å². The van der Waals surface area contributed by atoms with Crippen LogP contribution in [-0.2, 0) is 0 Å². The van der Waals surface area contributed by atoms with E-state index in [-0.39, 0.29) is 5.41 Å². The maximum Gasteiger partial charge on any atom is 0.0689 e. The lowest BCUT2D eigenvalue weighted by molar-refractivity contribution is 0.0824. The standard InChI is InChI=1S/C24H41N/c1-3-15-24(18-25)16-5-6-23(17-24)22-13-11-21(12-14-22)20-9-7-19(4-2)8-10-20/h19-23H,3-17H2,1-2H3/t19-,20-,21-,22-,23?,24?. The molecule has 1 nitrogen and oxygen atoms in total. The molecule has 0 aromatic rings. The molecule has 0 amide bonds. The molecule has 0 heterocycles. The smallest absolute Gasteiger partial charge is 0.0689 e. The second-order valence-corrected chi connectivity index (χ2v) is 9.86. The molecule has 142 valence electrons. The van der Waals surface area contributed by atoms with Gasteiger partial charge in [0.1, 0.15) is 0 Å². The van der Waals surface area contributed by atoms with Crippen LogP contribution in [0.1, 0.15) is 110 Å². The Bertz CT molecular complexity index is 430. The molecule has 3 fully saturated rings. The average molecular weight is 344 g/mol. The number of nitrogens with zero attached hydrogens (tertiary/aromatic N) is 1. The zero-order valence-corrected chi connectivity index (χ0v) is 16.9. The van der Waals surface area contributed by atoms with Gasteiger partial charge in [-0.1, -0.05) is 52.4 Å². The van der Waals surface area contributed by atoms with Gasteiger partial charge in [0.25, 0.3) is 0 Å². The predicted molar refractivity (Wildman–Crippen MR) is 106 cm³/mol. The fourth-order valence-corrected chi connectivity index (χ4v) is 6.83. The third-order valence-electron chi connectivity index (χ3n) is 8.47. The van der Waals surface area contributed by atoms with Crippen molar-refractivity contribution < 1.29 is 0 Å². The van der Waals surface area contributed by atoms with E-state index >= 15 is 0 Å². The van der Waals surface area contributed by atoms with Crippen molar-refractivity contribution in [1.82, 2.24) is 0 Å². The van der Waals surface area contributed by atoms with Crippen molar-refractivity contribution in [3.8, 4) is 6.07 Å². The minimum absolute atomic E-state index is 0.0348. The first-order chi connectivity index (χ1) is 12.2. The molecule has 0 radical (unpaired) electrons. The molecule has 3 aliphatic carbocycles. The Hall–Kier alpha value is -0.510. The van der Waals surface area contributed by atoms with E-state index in [0.717, 1.165) is 36.0 Å². The molecule has 0 saturated heterocycles. The summed E-state index contributed by atoms with van der Waals surface area (Å²) in [5.41, 5.74) is 0.0348. The zero-order chi connectivity index (χ0) is 17.7. The predicted octanol–water partition coefficient (Wildman–Crippen LogP) is 7.51. The fraction of sp³-hybridized carbons (Fsp3) is 0.958. The van der Waals surface area contributed by atoms with Crippen LogP contribution in [0, 0.1) is 46.3 Å². The summed E-state index contributed by atoms with van der Waals surface area (Å²) in [6.07, 6.45) is 20.8. The molecule has 0 aliphatic heterocycles. The normalized spacial score (nSPS) is 42.7. The zero-order valence-electron chi connectivity index (χ0n) is 16.9. The molecule has 0 aromatic carbocycles. The van der Waals surface area contributed by atoms with Crippen LogP contribution in [0.25, 0.3) is 0 Å². The Balaban J connectivity index is 1.48. The molecule has 3 aliphatic rings. The van der Waals surface area contributed by atoms with Crippen LogP contribution in [0.4, 0.5) is 0 Å². The Morgan fingerprint density at radius 1 is 0.800 bits per heavy atom. The third-order valence-corrected chi connectivity index (χ3v) is 8.47. The number of hydrogen-bond acceptors (Lipinski definition) is 1. The molecular formula is C24H41N. The minimum atomic E-state index is 0.0348. The van der Waals surface area contributed by atoms with Gasteiger partial charge in [-0.3, -0.25) is 0 Å². The molecular weight excluding hydrogens is 302 g/mol. The van der Waals surface area contributed by atoms with Gasteiger partial charge in [-0.25, -0.2) is 0 Å². The van der Waals surface area contributed by atoms with Gasteiger partial charge in [-0.15, -0.1) is 0 Å². The lowest BCUT2D eigenvalue weighted by Gasteiger charge is -2.43. The highest BCUT2D eigenvalue weighted by Crippen LogP contribution is 2.50. The Morgan fingerprint density at radius 2 is 1.36 bits per heavy atom. The molecule has 2 atom stereocenters. The average Bonchev–Trinajstić information content (AvgIpc) is 2.68. The quantitative estimate of drug-likeness (QED) is 0.506. The van der Waals surface area contributed by atoms with Gasteiger partial charge in [0, 0.05) is 0 Å². The minimum Gasteiger partial charge on any atom is -0.198 e. The van der Waals surface area contributed by atoms with Gasteiger partial charge < -0.3 is 0 Å². The number of hydrogen-bond donors (Lipinski definition) is 0. The molecule has 1 heteroatoms. The Morgan fingerprint density at radius 3 is 1.88 bits per heavy atom. The molecule has 0 N–H and O–H groups in total. The molecule has 3 saturated carbocycles. The number of nitriles is 1. The summed E-state index contributed by atoms with van der Waals surface area (Å²) in [6, 6.07) is 2.76. The SMILES string of the molecule is CCCC1(C#N)CCCC([C@H]2CC[C@H]([C@H]3CC[C@H](CC)CC3)CC2)C1. The summed E-state index contributed by atoms with van der Waals surface area (Å²) < 4.78 is 0. The second kappa shape index (κ2) is 8.92. The van der Waals surface area contributed by atoms with Gasteiger partial charge in [0.2, 0.25) is 0 Å². The molecule has 2 unspecified atom stereocenters. The monoisotopic (exact) mass is 343 g/mol. The molecule has 0 aromatic heterocycles. The van der Waals surface area contributed by atoms with E-state index in [2.05, 4.69) is 19.9 Å². The maximum atomic E-state index is 9.79. The van der Waals surface area contributed by atoms with E-state index in [1.165, 1.54) is 89.9 Å². The fourth-order valence-electron chi connectivity index (χ4n) is 6.83. The van der Waals surface area contributed by atoms with E-state index in [9.17, 15) is 5.26 Å². The second-order valence-electron chi connectivity index (χ2n) is 9.86. The van der Waals surface area contributed by atoms with Crippen LogP contribution in [0.2, 0.25) is 0 Å². The van der Waals surface area contributed by atoms with Gasteiger partial charge in [-0.2, -0.15) is 5.26 Å². The lowest BCUT2D eigenvalue weighted by atomic mass is 9.61. The topological polar surface area (TPSA) is 23.8 Å². The summed E-state index contributed by atoms with van der Waals surface area (Å²) in [7, 11) is 0. The van der Waals surface area contributed by atoms with Crippen LogP contribution in [0.3, 0.4) is 0 Å². The summed E-state index contributed by atoms with van der Waals surface area (Å²) in [4.78, 5) is 0. The summed E-state index contributed by atoms with van der Waals surface area (Å²) in [5.74, 6) is 4.92. The first-order valence-corrected chi connectivity index (χ1v) is 11.6. The van der Waals surface area contributed by atoms with Crippen molar-refractivity contribution in [2.75, 3.05) is 0 Å². The maximum absolute atomic E-state index is 9.79. The molecule has 25 heavy (non-hydrogen) atoms. The van der Waals surface area contributed by atoms with Gasteiger partial charge in [-0.05, 0) is 87.4 Å². The molecule has 3 rings (SSSR count). The van der Waals surface area contributed by atoms with Gasteiger partial charge in [0.15, 0.2) is 0 Å². The lowest BCUT2D eigenvalue weighted by Crippen LogP contribution is -2.34. The van der Waals surface area contributed by atoms with E-state index in [0.29, 0.717) is 0 Å². The van der Waals surface area contributed by atoms with Gasteiger partial charge in [0.05, 0.1) is 11.5 Å². The summed E-state index contributed by atoms with van der Waals surface area (Å²) in [5, 5.41) is 9.79. The van der Waals surface area contributed by atoms with E-state index in [4.69, 9.17) is 0 Å². The summed E-state index contributed by atoms with van der Waals surface area (Å²) in [6.45, 7) is 4.63. The Labute approximate surface area is 157 Å². The highest BCUT2D eigenvalue weighted by molar-refractivity contribution is 5.03. The van der Waals surface area contributed by atoms with Crippen molar-refractivity contribution in [2.45, 2.75) is 110 Å². The van der Waals surface area contributed by atoms with Crippen LogP contribution in [0.5, 0.6) is 0 Å². The van der Waals surface area contributed by atoms with Crippen LogP contribution >= 0.6 is 0 Å². The van der Waals surface area contributed by atoms with Gasteiger partial charge >= 0.3 is 0 Å². The third kappa shape index (κ3) is 4.61. The highest BCUT2D eigenvalue weighted by Gasteiger charge is 2.40. The van der Waals surface area contributed by atoms with E-state index < -0.39 is 0 Å². The van der Waals surface area contributed by atoms with Crippen molar-refractivity contribution in [2.24, 2.45) is 35.0 Å². The van der Waals surface area contributed by atoms with Crippen molar-refractivity contribution in [3.63, 3.8) is 0 Å². The van der Waals surface area contributed by atoms with Crippen LogP contribution in [-0.4, -0.2) is 0 Å². The first-order valence-electron chi connectivity index (χ1n) is 11.6. The first kappa shape index (κ1) is 19.3.